The first kappa shape index (κ1) is 14.0. The average Bonchev–Trinajstić information content (AvgIpc) is 2.49. The van der Waals surface area contributed by atoms with Gasteiger partial charge in [-0.05, 0) is 35.6 Å². The van der Waals surface area contributed by atoms with E-state index in [-0.39, 0.29) is 11.9 Å². The van der Waals surface area contributed by atoms with E-state index in [9.17, 15) is 4.39 Å². The fourth-order valence-electron chi connectivity index (χ4n) is 2.46. The van der Waals surface area contributed by atoms with E-state index in [1.807, 2.05) is 30.3 Å². The summed E-state index contributed by atoms with van der Waals surface area (Å²) in [4.78, 5) is 4.41. The van der Waals surface area contributed by atoms with Crippen molar-refractivity contribution in [3.05, 3.63) is 76.8 Å². The van der Waals surface area contributed by atoms with Crippen LogP contribution in [0.3, 0.4) is 0 Å². The fourth-order valence-corrected chi connectivity index (χ4v) is 2.70. The zero-order chi connectivity index (χ0) is 14.8. The largest absolute Gasteiger partial charge is 0.322 e. The van der Waals surface area contributed by atoms with Gasteiger partial charge in [0.2, 0.25) is 0 Å². The van der Waals surface area contributed by atoms with Crippen molar-refractivity contribution in [1.29, 1.82) is 0 Å². The summed E-state index contributed by atoms with van der Waals surface area (Å²) in [7, 11) is 0. The highest BCUT2D eigenvalue weighted by molar-refractivity contribution is 6.31. The Morgan fingerprint density at radius 2 is 1.95 bits per heavy atom. The topological polar surface area (TPSA) is 38.9 Å². The number of rotatable bonds is 3. The van der Waals surface area contributed by atoms with Gasteiger partial charge in [0.15, 0.2) is 0 Å². The van der Waals surface area contributed by atoms with Crippen molar-refractivity contribution >= 4 is 22.4 Å². The maximum atomic E-state index is 13.1. The van der Waals surface area contributed by atoms with Crippen LogP contribution in [0, 0.1) is 5.82 Å². The molecule has 0 aliphatic carbocycles. The molecule has 2 nitrogen and oxygen atoms in total. The first-order chi connectivity index (χ1) is 10.1. The summed E-state index contributed by atoms with van der Waals surface area (Å²) in [5, 5.41) is 2.53. The molecule has 0 aliphatic heterocycles. The lowest BCUT2D eigenvalue weighted by atomic mass is 9.99. The lowest BCUT2D eigenvalue weighted by Gasteiger charge is -2.14. The molecule has 0 spiro atoms. The number of halogens is 2. The molecule has 1 aromatic heterocycles. The molecular formula is C17H14ClFN2. The van der Waals surface area contributed by atoms with Crippen LogP contribution in [0.4, 0.5) is 4.39 Å². The Morgan fingerprint density at radius 3 is 2.76 bits per heavy atom. The van der Waals surface area contributed by atoms with E-state index >= 15 is 0 Å². The Balaban J connectivity index is 1.95. The Hall–Kier alpha value is -1.97. The van der Waals surface area contributed by atoms with Crippen LogP contribution in [0.2, 0.25) is 5.02 Å². The van der Waals surface area contributed by atoms with E-state index in [0.29, 0.717) is 11.4 Å². The van der Waals surface area contributed by atoms with Crippen molar-refractivity contribution in [2.24, 2.45) is 5.73 Å². The van der Waals surface area contributed by atoms with E-state index in [1.165, 1.54) is 12.1 Å². The van der Waals surface area contributed by atoms with E-state index in [4.69, 9.17) is 17.3 Å². The number of aromatic nitrogens is 1. The van der Waals surface area contributed by atoms with Crippen molar-refractivity contribution in [1.82, 2.24) is 4.98 Å². The van der Waals surface area contributed by atoms with Gasteiger partial charge in [0.05, 0.1) is 11.7 Å². The number of nitrogens with zero attached hydrogens (tertiary/aromatic N) is 1. The van der Waals surface area contributed by atoms with Crippen molar-refractivity contribution in [3.63, 3.8) is 0 Å². The number of hydrogen-bond donors (Lipinski definition) is 1. The molecule has 21 heavy (non-hydrogen) atoms. The molecule has 3 aromatic rings. The molecule has 1 atom stereocenters. The zero-order valence-electron chi connectivity index (χ0n) is 11.3. The third-order valence-electron chi connectivity index (χ3n) is 3.51. The maximum Gasteiger partial charge on any atom is 0.124 e. The Kier molecular flexibility index (Phi) is 3.86. The number of benzene rings is 2. The van der Waals surface area contributed by atoms with Crippen molar-refractivity contribution < 1.29 is 4.39 Å². The van der Waals surface area contributed by atoms with Gasteiger partial charge in [-0.2, -0.15) is 0 Å². The minimum atomic E-state index is -0.347. The van der Waals surface area contributed by atoms with Crippen molar-refractivity contribution in [2.45, 2.75) is 12.5 Å². The summed E-state index contributed by atoms with van der Waals surface area (Å²) < 4.78 is 13.1. The molecule has 3 rings (SSSR count). The minimum Gasteiger partial charge on any atom is -0.322 e. The highest BCUT2D eigenvalue weighted by Crippen LogP contribution is 2.26. The van der Waals surface area contributed by atoms with Gasteiger partial charge in [-0.25, -0.2) is 4.39 Å². The van der Waals surface area contributed by atoms with Crippen LogP contribution in [-0.4, -0.2) is 4.98 Å². The standard InChI is InChI=1S/C17H14ClFN2/c18-15-10-13(19)6-5-12(15)9-16(20)17-14-4-2-1-3-11(14)7-8-21-17/h1-8,10,16H,9,20H2. The van der Waals surface area contributed by atoms with Gasteiger partial charge < -0.3 is 5.73 Å². The number of fused-ring (bicyclic) bond motifs is 1. The third kappa shape index (κ3) is 2.89. The number of nitrogens with two attached hydrogens (primary N) is 1. The zero-order valence-corrected chi connectivity index (χ0v) is 12.0. The molecule has 0 aliphatic rings. The molecule has 0 amide bonds. The van der Waals surface area contributed by atoms with Gasteiger partial charge in [-0.15, -0.1) is 0 Å². The predicted molar refractivity (Wildman–Crippen MR) is 83.8 cm³/mol. The summed E-state index contributed by atoms with van der Waals surface area (Å²) in [6, 6.07) is 14.0. The van der Waals surface area contributed by atoms with E-state index < -0.39 is 0 Å². The van der Waals surface area contributed by atoms with Crippen LogP contribution in [0.1, 0.15) is 17.3 Å². The molecular weight excluding hydrogens is 287 g/mol. The second kappa shape index (κ2) is 5.80. The maximum absolute atomic E-state index is 13.1. The van der Waals surface area contributed by atoms with Gasteiger partial charge in [-0.1, -0.05) is 41.9 Å². The normalized spacial score (nSPS) is 12.5. The van der Waals surface area contributed by atoms with Crippen LogP contribution in [0.15, 0.2) is 54.7 Å². The second-order valence-corrected chi connectivity index (χ2v) is 5.37. The Bertz CT molecular complexity index is 783. The van der Waals surface area contributed by atoms with Crippen LogP contribution in [0.5, 0.6) is 0 Å². The second-order valence-electron chi connectivity index (χ2n) is 4.96. The molecule has 0 saturated heterocycles. The summed E-state index contributed by atoms with van der Waals surface area (Å²) in [5.74, 6) is -0.347. The lowest BCUT2D eigenvalue weighted by Crippen LogP contribution is -2.15. The fraction of sp³-hybridized carbons (Fsp3) is 0.118. The highest BCUT2D eigenvalue weighted by atomic mass is 35.5. The van der Waals surface area contributed by atoms with Gasteiger partial charge in [0.25, 0.3) is 0 Å². The summed E-state index contributed by atoms with van der Waals surface area (Å²) >= 11 is 6.06. The molecule has 0 fully saturated rings. The molecule has 0 saturated carbocycles. The molecule has 0 bridgehead atoms. The van der Waals surface area contributed by atoms with Gasteiger partial charge in [-0.3, -0.25) is 4.98 Å². The highest BCUT2D eigenvalue weighted by Gasteiger charge is 2.14. The molecule has 106 valence electrons. The molecule has 4 heteroatoms. The smallest absolute Gasteiger partial charge is 0.124 e. The molecule has 2 aromatic carbocycles. The SMILES string of the molecule is NC(Cc1ccc(F)cc1Cl)c1nccc2ccccc12. The lowest BCUT2D eigenvalue weighted by molar-refractivity contribution is 0.625. The van der Waals surface area contributed by atoms with Crippen LogP contribution in [-0.2, 0) is 6.42 Å². The summed E-state index contributed by atoms with van der Waals surface area (Å²) in [6.07, 6.45) is 2.27. The van der Waals surface area contributed by atoms with Crippen LogP contribution >= 0.6 is 11.6 Å². The predicted octanol–water partition coefficient (Wildman–Crippen LogP) is 4.27. The van der Waals surface area contributed by atoms with Crippen LogP contribution < -0.4 is 5.73 Å². The number of pyridine rings is 1. The first-order valence-corrected chi connectivity index (χ1v) is 7.06. The Labute approximate surface area is 127 Å². The van der Waals surface area contributed by atoms with Gasteiger partial charge in [0.1, 0.15) is 5.82 Å². The monoisotopic (exact) mass is 300 g/mol. The molecule has 1 unspecified atom stereocenters. The van der Waals surface area contributed by atoms with E-state index in [0.717, 1.165) is 22.0 Å². The van der Waals surface area contributed by atoms with Crippen molar-refractivity contribution in [2.75, 3.05) is 0 Å². The molecule has 1 heterocycles. The third-order valence-corrected chi connectivity index (χ3v) is 3.86. The average molecular weight is 301 g/mol. The molecule has 0 radical (unpaired) electrons. The van der Waals surface area contributed by atoms with Crippen LogP contribution in [0.25, 0.3) is 10.8 Å². The van der Waals surface area contributed by atoms with Crippen molar-refractivity contribution in [3.8, 4) is 0 Å². The summed E-state index contributed by atoms with van der Waals surface area (Å²) in [6.45, 7) is 0. The van der Waals surface area contributed by atoms with E-state index in [1.54, 1.807) is 12.3 Å². The summed E-state index contributed by atoms with van der Waals surface area (Å²) in [5.41, 5.74) is 7.93. The van der Waals surface area contributed by atoms with Gasteiger partial charge in [0, 0.05) is 16.6 Å². The quantitative estimate of drug-likeness (QED) is 0.784. The van der Waals surface area contributed by atoms with E-state index in [2.05, 4.69) is 4.98 Å². The Morgan fingerprint density at radius 1 is 1.14 bits per heavy atom. The minimum absolute atomic E-state index is 0.293. The molecule has 2 N–H and O–H groups in total. The van der Waals surface area contributed by atoms with Gasteiger partial charge >= 0.3 is 0 Å². The number of hydrogen-bond acceptors (Lipinski definition) is 2. The first-order valence-electron chi connectivity index (χ1n) is 6.68.